The van der Waals surface area contributed by atoms with Crippen LogP contribution >= 0.6 is 0 Å². The molecule has 2 aliphatic heterocycles. The highest BCUT2D eigenvalue weighted by Crippen LogP contribution is 2.26. The summed E-state index contributed by atoms with van der Waals surface area (Å²) in [6.07, 6.45) is 4.79. The summed E-state index contributed by atoms with van der Waals surface area (Å²) in [5.74, 6) is -0.0537. The summed E-state index contributed by atoms with van der Waals surface area (Å²) >= 11 is 0. The zero-order valence-corrected chi connectivity index (χ0v) is 15.1. The van der Waals surface area contributed by atoms with Crippen LogP contribution in [-0.2, 0) is 24.2 Å². The van der Waals surface area contributed by atoms with Gasteiger partial charge in [-0.25, -0.2) is 0 Å². The van der Waals surface area contributed by atoms with Gasteiger partial charge in [-0.05, 0) is 25.0 Å². The second-order valence-electron chi connectivity index (χ2n) is 7.08. The van der Waals surface area contributed by atoms with Crippen LogP contribution < -0.4 is 0 Å². The van der Waals surface area contributed by atoms with Crippen LogP contribution in [0.1, 0.15) is 40.3 Å². The smallest absolute Gasteiger partial charge is 0.274 e. The molecule has 0 bridgehead atoms. The van der Waals surface area contributed by atoms with E-state index in [1.165, 1.54) is 0 Å². The summed E-state index contributed by atoms with van der Waals surface area (Å²) in [4.78, 5) is 21.4. The Morgan fingerprint density at radius 3 is 3.00 bits per heavy atom. The second-order valence-corrected chi connectivity index (χ2v) is 7.08. The Bertz CT molecular complexity index is 755. The number of carbonyl (C=O) groups is 1. The summed E-state index contributed by atoms with van der Waals surface area (Å²) in [6, 6.07) is 6.28. The quantitative estimate of drug-likeness (QED) is 0.902. The Labute approximate surface area is 153 Å². The number of pyridine rings is 1. The maximum atomic E-state index is 12.9. The SMILES string of the molecule is CN(Cc1ccccn1)C(=O)c1n[nH]c2c1CN(C1CCOCC1)CC2. The Hall–Kier alpha value is -2.25. The highest BCUT2D eigenvalue weighted by atomic mass is 16.5. The van der Waals surface area contributed by atoms with Gasteiger partial charge in [-0.2, -0.15) is 5.10 Å². The van der Waals surface area contributed by atoms with Gasteiger partial charge in [0.05, 0.1) is 12.2 Å². The molecule has 0 atom stereocenters. The van der Waals surface area contributed by atoms with Crippen molar-refractivity contribution in [2.75, 3.05) is 26.8 Å². The molecule has 0 aromatic carbocycles. The average Bonchev–Trinajstić information content (AvgIpc) is 3.12. The highest BCUT2D eigenvalue weighted by Gasteiger charge is 2.30. The summed E-state index contributed by atoms with van der Waals surface area (Å²) in [7, 11) is 1.80. The molecule has 1 fully saturated rings. The second kappa shape index (κ2) is 7.55. The molecule has 1 saturated heterocycles. The first kappa shape index (κ1) is 17.2. The highest BCUT2D eigenvalue weighted by molar-refractivity contribution is 5.93. The van der Waals surface area contributed by atoms with Gasteiger partial charge in [0, 0.05) is 63.3 Å². The number of aromatic amines is 1. The van der Waals surface area contributed by atoms with E-state index in [9.17, 15) is 4.79 Å². The van der Waals surface area contributed by atoms with Crippen molar-refractivity contribution in [1.29, 1.82) is 0 Å². The third-order valence-corrected chi connectivity index (χ3v) is 5.34. The van der Waals surface area contributed by atoms with Crippen LogP contribution in [-0.4, -0.2) is 63.7 Å². The van der Waals surface area contributed by atoms with E-state index >= 15 is 0 Å². The van der Waals surface area contributed by atoms with Crippen LogP contribution in [0.3, 0.4) is 0 Å². The maximum Gasteiger partial charge on any atom is 0.274 e. The first-order chi connectivity index (χ1) is 12.7. The lowest BCUT2D eigenvalue weighted by Crippen LogP contribution is -2.42. The van der Waals surface area contributed by atoms with E-state index in [2.05, 4.69) is 20.1 Å². The van der Waals surface area contributed by atoms with Gasteiger partial charge >= 0.3 is 0 Å². The molecule has 0 spiro atoms. The molecular weight excluding hydrogens is 330 g/mol. The molecule has 0 aliphatic carbocycles. The minimum Gasteiger partial charge on any atom is -0.381 e. The fourth-order valence-corrected chi connectivity index (χ4v) is 3.84. The lowest BCUT2D eigenvalue weighted by atomic mass is 9.99. The van der Waals surface area contributed by atoms with E-state index in [4.69, 9.17) is 4.74 Å². The molecule has 0 radical (unpaired) electrons. The number of rotatable bonds is 4. The largest absolute Gasteiger partial charge is 0.381 e. The van der Waals surface area contributed by atoms with E-state index < -0.39 is 0 Å². The molecule has 2 aliphatic rings. The zero-order valence-electron chi connectivity index (χ0n) is 15.1. The number of H-pyrrole nitrogens is 1. The summed E-state index contributed by atoms with van der Waals surface area (Å²) in [5.41, 5.74) is 3.58. The Morgan fingerprint density at radius 2 is 2.23 bits per heavy atom. The van der Waals surface area contributed by atoms with E-state index in [-0.39, 0.29) is 5.91 Å². The Morgan fingerprint density at radius 1 is 1.38 bits per heavy atom. The number of fused-ring (bicyclic) bond motifs is 1. The van der Waals surface area contributed by atoms with Crippen LogP contribution in [0, 0.1) is 0 Å². The van der Waals surface area contributed by atoms with Gasteiger partial charge in [0.1, 0.15) is 0 Å². The molecule has 4 rings (SSSR count). The number of amides is 1. The van der Waals surface area contributed by atoms with Crippen LogP contribution in [0.4, 0.5) is 0 Å². The topological polar surface area (TPSA) is 74.4 Å². The van der Waals surface area contributed by atoms with Crippen molar-refractivity contribution >= 4 is 5.91 Å². The minimum absolute atomic E-state index is 0.0537. The number of ether oxygens (including phenoxy) is 1. The first-order valence-electron chi connectivity index (χ1n) is 9.25. The van der Waals surface area contributed by atoms with Crippen LogP contribution in [0.5, 0.6) is 0 Å². The van der Waals surface area contributed by atoms with Crippen molar-refractivity contribution in [2.24, 2.45) is 0 Å². The van der Waals surface area contributed by atoms with Gasteiger partial charge in [0.25, 0.3) is 5.91 Å². The van der Waals surface area contributed by atoms with Gasteiger partial charge < -0.3 is 9.64 Å². The average molecular weight is 355 g/mol. The molecule has 26 heavy (non-hydrogen) atoms. The molecule has 0 unspecified atom stereocenters. The number of carbonyl (C=O) groups excluding carboxylic acids is 1. The number of hydrogen-bond donors (Lipinski definition) is 1. The predicted octanol–water partition coefficient (Wildman–Crippen LogP) is 1.61. The van der Waals surface area contributed by atoms with E-state index in [0.29, 0.717) is 18.3 Å². The molecule has 7 nitrogen and oxygen atoms in total. The number of nitrogens with one attached hydrogen (secondary N) is 1. The maximum absolute atomic E-state index is 12.9. The van der Waals surface area contributed by atoms with E-state index in [0.717, 1.165) is 62.5 Å². The minimum atomic E-state index is -0.0537. The molecule has 1 amide bonds. The van der Waals surface area contributed by atoms with Gasteiger partial charge in [-0.1, -0.05) is 6.07 Å². The summed E-state index contributed by atoms with van der Waals surface area (Å²) in [6.45, 7) is 3.94. The van der Waals surface area contributed by atoms with Crippen molar-refractivity contribution in [3.05, 3.63) is 47.0 Å². The molecule has 0 saturated carbocycles. The number of hydrogen-bond acceptors (Lipinski definition) is 5. The van der Waals surface area contributed by atoms with Crippen molar-refractivity contribution in [1.82, 2.24) is 25.0 Å². The van der Waals surface area contributed by atoms with Crippen molar-refractivity contribution in [3.63, 3.8) is 0 Å². The monoisotopic (exact) mass is 355 g/mol. The summed E-state index contributed by atoms with van der Waals surface area (Å²) in [5, 5.41) is 7.44. The fourth-order valence-electron chi connectivity index (χ4n) is 3.84. The fraction of sp³-hybridized carbons (Fsp3) is 0.526. The molecular formula is C19H25N5O2. The van der Waals surface area contributed by atoms with Crippen LogP contribution in [0.15, 0.2) is 24.4 Å². The first-order valence-corrected chi connectivity index (χ1v) is 9.25. The lowest BCUT2D eigenvalue weighted by molar-refractivity contribution is 0.0287. The third kappa shape index (κ3) is 3.50. The van der Waals surface area contributed by atoms with E-state index in [1.54, 1.807) is 18.1 Å². The van der Waals surface area contributed by atoms with Gasteiger partial charge in [-0.3, -0.25) is 19.8 Å². The molecule has 1 N–H and O–H groups in total. The molecule has 2 aromatic heterocycles. The lowest BCUT2D eigenvalue weighted by Gasteiger charge is -2.36. The number of aromatic nitrogens is 3. The van der Waals surface area contributed by atoms with Crippen molar-refractivity contribution in [3.8, 4) is 0 Å². The summed E-state index contributed by atoms with van der Waals surface area (Å²) < 4.78 is 5.48. The van der Waals surface area contributed by atoms with Gasteiger partial charge in [0.15, 0.2) is 5.69 Å². The van der Waals surface area contributed by atoms with E-state index in [1.807, 2.05) is 18.2 Å². The van der Waals surface area contributed by atoms with Crippen LogP contribution in [0.2, 0.25) is 0 Å². The predicted molar refractivity (Wildman–Crippen MR) is 96.6 cm³/mol. The normalized spacial score (nSPS) is 18.5. The molecule has 2 aromatic rings. The van der Waals surface area contributed by atoms with Crippen molar-refractivity contribution < 1.29 is 9.53 Å². The Balaban J connectivity index is 1.48. The standard InChI is InChI=1S/C19H25N5O2/c1-23(12-14-4-2-3-8-20-14)19(25)18-16-13-24(9-5-17(16)21-22-18)15-6-10-26-11-7-15/h2-4,8,15H,5-7,9-13H2,1H3,(H,21,22). The Kier molecular flexibility index (Phi) is 4.99. The number of nitrogens with zero attached hydrogens (tertiary/aromatic N) is 4. The zero-order chi connectivity index (χ0) is 17.9. The molecule has 7 heteroatoms. The van der Waals surface area contributed by atoms with Crippen LogP contribution in [0.25, 0.3) is 0 Å². The van der Waals surface area contributed by atoms with Gasteiger partial charge in [-0.15, -0.1) is 0 Å². The van der Waals surface area contributed by atoms with Crippen molar-refractivity contribution in [2.45, 2.75) is 38.4 Å². The molecule has 4 heterocycles. The third-order valence-electron chi connectivity index (χ3n) is 5.34. The molecule has 138 valence electrons. The van der Waals surface area contributed by atoms with Gasteiger partial charge in [0.2, 0.25) is 0 Å².